The van der Waals surface area contributed by atoms with Gasteiger partial charge >= 0.3 is 0 Å². The topological polar surface area (TPSA) is 66.5 Å². The van der Waals surface area contributed by atoms with Crippen LogP contribution < -0.4 is 5.32 Å². The Labute approximate surface area is 184 Å². The number of nitrogens with one attached hydrogen (secondary N) is 1. The molecule has 162 valence electrons. The molecule has 1 aliphatic heterocycles. The monoisotopic (exact) mass is 448 g/mol. The standard InChI is InChI=1S/C23H29ClN2O3S/c1-15-12-16(2)22(17(3)13-15)30(28,29)26-11-5-6-20(14-26)23(27)25-18(4)19-7-9-21(24)10-8-19/h7-10,12-13,18,20H,5-6,11,14H2,1-4H3,(H,25,27)/t18-,20+/m1/s1. The zero-order valence-corrected chi connectivity index (χ0v) is 19.5. The van der Waals surface area contributed by atoms with Gasteiger partial charge in [-0.1, -0.05) is 41.4 Å². The normalized spacial score (nSPS) is 18.8. The fourth-order valence-electron chi connectivity index (χ4n) is 4.24. The number of nitrogens with zero attached hydrogens (tertiary/aromatic N) is 1. The van der Waals surface area contributed by atoms with Gasteiger partial charge in [-0.15, -0.1) is 0 Å². The maximum atomic E-state index is 13.4. The van der Waals surface area contributed by atoms with Gasteiger partial charge in [-0.25, -0.2) is 8.42 Å². The Balaban J connectivity index is 1.74. The number of rotatable bonds is 5. The molecule has 1 fully saturated rings. The fraction of sp³-hybridized carbons (Fsp3) is 0.435. The molecule has 2 aromatic rings. The first-order valence-electron chi connectivity index (χ1n) is 10.2. The largest absolute Gasteiger partial charge is 0.349 e. The SMILES string of the molecule is Cc1cc(C)c(S(=O)(=O)N2CCC[C@H](C(=O)N[C@H](C)c3ccc(Cl)cc3)C2)c(C)c1. The van der Waals surface area contributed by atoms with Gasteiger partial charge in [0, 0.05) is 18.1 Å². The smallest absolute Gasteiger partial charge is 0.243 e. The van der Waals surface area contributed by atoms with Gasteiger partial charge < -0.3 is 5.32 Å². The van der Waals surface area contributed by atoms with Crippen molar-refractivity contribution in [1.29, 1.82) is 0 Å². The van der Waals surface area contributed by atoms with Crippen LogP contribution in [0, 0.1) is 26.7 Å². The van der Waals surface area contributed by atoms with Crippen molar-refractivity contribution in [2.75, 3.05) is 13.1 Å². The number of sulfonamides is 1. The molecule has 0 spiro atoms. The van der Waals surface area contributed by atoms with Crippen LogP contribution in [0.5, 0.6) is 0 Å². The molecule has 1 N–H and O–H groups in total. The van der Waals surface area contributed by atoms with Crippen molar-refractivity contribution in [3.05, 3.63) is 63.7 Å². The number of piperidine rings is 1. The summed E-state index contributed by atoms with van der Waals surface area (Å²) in [4.78, 5) is 13.2. The predicted octanol–water partition coefficient (Wildman–Crippen LogP) is 4.54. The Bertz CT molecular complexity index is 1010. The zero-order valence-electron chi connectivity index (χ0n) is 17.9. The summed E-state index contributed by atoms with van der Waals surface area (Å²) in [5.74, 6) is -0.482. The molecule has 0 unspecified atom stereocenters. The number of aryl methyl sites for hydroxylation is 3. The van der Waals surface area contributed by atoms with Gasteiger partial charge in [0.2, 0.25) is 15.9 Å². The summed E-state index contributed by atoms with van der Waals surface area (Å²) in [6, 6.07) is 11.0. The van der Waals surface area contributed by atoms with E-state index in [1.54, 1.807) is 12.1 Å². The van der Waals surface area contributed by atoms with Crippen LogP contribution in [0.15, 0.2) is 41.3 Å². The summed E-state index contributed by atoms with van der Waals surface area (Å²) in [7, 11) is -3.65. The molecule has 7 heteroatoms. The molecule has 30 heavy (non-hydrogen) atoms. The van der Waals surface area contributed by atoms with Gasteiger partial charge in [0.1, 0.15) is 0 Å². The van der Waals surface area contributed by atoms with Crippen molar-refractivity contribution in [3.63, 3.8) is 0 Å². The molecule has 1 aliphatic rings. The number of hydrogen-bond acceptors (Lipinski definition) is 3. The first kappa shape index (κ1) is 22.8. The number of hydrogen-bond donors (Lipinski definition) is 1. The van der Waals surface area contributed by atoms with Gasteiger partial charge in [0.15, 0.2) is 0 Å². The highest BCUT2D eigenvalue weighted by Gasteiger charge is 2.35. The van der Waals surface area contributed by atoms with Crippen LogP contribution in [-0.2, 0) is 14.8 Å². The van der Waals surface area contributed by atoms with E-state index in [9.17, 15) is 13.2 Å². The van der Waals surface area contributed by atoms with Gasteiger partial charge in [-0.2, -0.15) is 4.31 Å². The molecule has 2 atom stereocenters. The van der Waals surface area contributed by atoms with E-state index in [1.165, 1.54) is 4.31 Å². The molecule has 3 rings (SSSR count). The maximum absolute atomic E-state index is 13.4. The number of carbonyl (C=O) groups is 1. The lowest BCUT2D eigenvalue weighted by atomic mass is 9.98. The molecule has 0 saturated carbocycles. The van der Waals surface area contributed by atoms with Gasteiger partial charge in [-0.3, -0.25) is 4.79 Å². The molecule has 0 radical (unpaired) electrons. The van der Waals surface area contributed by atoms with E-state index in [1.807, 2.05) is 52.0 Å². The molecule has 0 bridgehead atoms. The molecule has 5 nitrogen and oxygen atoms in total. The average molecular weight is 449 g/mol. The van der Waals surface area contributed by atoms with Crippen LogP contribution in [0.2, 0.25) is 5.02 Å². The first-order chi connectivity index (χ1) is 14.1. The van der Waals surface area contributed by atoms with Crippen LogP contribution >= 0.6 is 11.6 Å². The van der Waals surface area contributed by atoms with Gasteiger partial charge in [0.25, 0.3) is 0 Å². The van der Waals surface area contributed by atoms with E-state index < -0.39 is 10.0 Å². The lowest BCUT2D eigenvalue weighted by molar-refractivity contribution is -0.126. The van der Waals surface area contributed by atoms with E-state index in [2.05, 4.69) is 5.32 Å². The summed E-state index contributed by atoms with van der Waals surface area (Å²) in [5.41, 5.74) is 3.49. The number of benzene rings is 2. The molecular formula is C23H29ClN2O3S. The Morgan fingerprint density at radius 2 is 1.73 bits per heavy atom. The van der Waals surface area contributed by atoms with Crippen molar-refractivity contribution >= 4 is 27.5 Å². The second-order valence-corrected chi connectivity index (χ2v) is 10.5. The molecule has 2 aromatic carbocycles. The molecule has 1 amide bonds. The van der Waals surface area contributed by atoms with Gasteiger partial charge in [0.05, 0.1) is 16.9 Å². The van der Waals surface area contributed by atoms with Crippen molar-refractivity contribution in [2.24, 2.45) is 5.92 Å². The molecule has 1 saturated heterocycles. The lowest BCUT2D eigenvalue weighted by Crippen LogP contribution is -2.46. The molecule has 1 heterocycles. The average Bonchev–Trinajstić information content (AvgIpc) is 2.67. The second kappa shape index (κ2) is 9.08. The number of amides is 1. The predicted molar refractivity (Wildman–Crippen MR) is 120 cm³/mol. The summed E-state index contributed by atoms with van der Waals surface area (Å²) < 4.78 is 28.2. The van der Waals surface area contributed by atoms with Crippen molar-refractivity contribution < 1.29 is 13.2 Å². The minimum absolute atomic E-state index is 0.116. The quantitative estimate of drug-likeness (QED) is 0.729. The Kier molecular flexibility index (Phi) is 6.90. The molecule has 0 aromatic heterocycles. The van der Waals surface area contributed by atoms with Crippen molar-refractivity contribution in [1.82, 2.24) is 9.62 Å². The van der Waals surface area contributed by atoms with Gasteiger partial charge in [-0.05, 0) is 69.4 Å². The summed E-state index contributed by atoms with van der Waals surface area (Å²) in [6.45, 7) is 8.17. The van der Waals surface area contributed by atoms with Crippen LogP contribution in [0.4, 0.5) is 0 Å². The van der Waals surface area contributed by atoms with Crippen molar-refractivity contribution in [2.45, 2.75) is 51.5 Å². The third-order valence-corrected chi connectivity index (χ3v) is 8.11. The van der Waals surface area contributed by atoms with E-state index in [0.717, 1.165) is 22.3 Å². The first-order valence-corrected chi connectivity index (χ1v) is 12.0. The highest BCUT2D eigenvalue weighted by atomic mass is 35.5. The summed E-state index contributed by atoms with van der Waals surface area (Å²) >= 11 is 5.93. The zero-order chi connectivity index (χ0) is 22.1. The van der Waals surface area contributed by atoms with E-state index in [4.69, 9.17) is 11.6 Å². The van der Waals surface area contributed by atoms with Crippen LogP contribution in [-0.4, -0.2) is 31.7 Å². The second-order valence-electron chi connectivity index (χ2n) is 8.21. The Morgan fingerprint density at radius 1 is 1.13 bits per heavy atom. The lowest BCUT2D eigenvalue weighted by Gasteiger charge is -2.32. The third-order valence-electron chi connectivity index (χ3n) is 5.69. The van der Waals surface area contributed by atoms with Crippen molar-refractivity contribution in [3.8, 4) is 0 Å². The number of halogens is 1. The van der Waals surface area contributed by atoms with Crippen LogP contribution in [0.1, 0.15) is 48.1 Å². The maximum Gasteiger partial charge on any atom is 0.243 e. The summed E-state index contributed by atoms with van der Waals surface area (Å²) in [6.07, 6.45) is 1.34. The minimum Gasteiger partial charge on any atom is -0.349 e. The highest BCUT2D eigenvalue weighted by molar-refractivity contribution is 7.89. The highest BCUT2D eigenvalue weighted by Crippen LogP contribution is 2.29. The Hall–Kier alpha value is -1.89. The van der Waals surface area contributed by atoms with E-state index in [-0.39, 0.29) is 24.4 Å². The fourth-order valence-corrected chi connectivity index (χ4v) is 6.30. The van der Waals surface area contributed by atoms with Crippen LogP contribution in [0.25, 0.3) is 0 Å². The third kappa shape index (κ3) is 4.88. The number of carbonyl (C=O) groups excluding carboxylic acids is 1. The van der Waals surface area contributed by atoms with Crippen LogP contribution in [0.3, 0.4) is 0 Å². The minimum atomic E-state index is -3.65. The molecule has 0 aliphatic carbocycles. The van der Waals surface area contributed by atoms with E-state index in [0.29, 0.717) is 29.3 Å². The summed E-state index contributed by atoms with van der Waals surface area (Å²) in [5, 5.41) is 3.67. The molecular weight excluding hydrogens is 420 g/mol. The van der Waals surface area contributed by atoms with E-state index >= 15 is 0 Å². The Morgan fingerprint density at radius 3 is 2.33 bits per heavy atom.